The minimum atomic E-state index is -0.966. The van der Waals surface area contributed by atoms with Crippen LogP contribution < -0.4 is 5.32 Å². The zero-order valence-corrected chi connectivity index (χ0v) is 12.1. The lowest BCUT2D eigenvalue weighted by Gasteiger charge is -2.06. The van der Waals surface area contributed by atoms with Crippen molar-refractivity contribution in [3.63, 3.8) is 0 Å². The minimum absolute atomic E-state index is 0.224. The molecule has 1 heterocycles. The lowest BCUT2D eigenvalue weighted by molar-refractivity contribution is 0.0696. The molecule has 0 bridgehead atoms. The molecule has 0 aliphatic rings. The van der Waals surface area contributed by atoms with Gasteiger partial charge in [-0.25, -0.2) is 9.78 Å². The fraction of sp³-hybridized carbons (Fsp3) is 0.0909. The summed E-state index contributed by atoms with van der Waals surface area (Å²) in [7, 11) is 0. The van der Waals surface area contributed by atoms with E-state index in [2.05, 4.69) is 26.2 Å². The second kappa shape index (κ2) is 5.69. The zero-order valence-electron chi connectivity index (χ0n) is 8.98. The van der Waals surface area contributed by atoms with Gasteiger partial charge in [0.15, 0.2) is 4.47 Å². The Hall–Kier alpha value is -1.11. The van der Waals surface area contributed by atoms with Crippen molar-refractivity contribution in [2.75, 3.05) is 5.32 Å². The Morgan fingerprint density at radius 3 is 2.94 bits per heavy atom. The molecule has 0 radical (unpaired) electrons. The number of rotatable bonds is 4. The van der Waals surface area contributed by atoms with Gasteiger partial charge >= 0.3 is 5.97 Å². The van der Waals surface area contributed by atoms with E-state index in [4.69, 9.17) is 16.7 Å². The van der Waals surface area contributed by atoms with Crippen molar-refractivity contribution in [2.45, 2.75) is 6.54 Å². The molecule has 7 heteroatoms. The Balaban J connectivity index is 2.10. The van der Waals surface area contributed by atoms with Gasteiger partial charge in [-0.2, -0.15) is 0 Å². The molecule has 0 unspecified atom stereocenters. The van der Waals surface area contributed by atoms with Crippen LogP contribution in [0.5, 0.6) is 0 Å². The third-order valence-electron chi connectivity index (χ3n) is 2.19. The number of hydrogen-bond acceptors (Lipinski definition) is 4. The van der Waals surface area contributed by atoms with Gasteiger partial charge < -0.3 is 10.4 Å². The van der Waals surface area contributed by atoms with E-state index in [1.165, 1.54) is 11.3 Å². The second-order valence-corrected chi connectivity index (χ2v) is 5.98. The zero-order chi connectivity index (χ0) is 13.1. The maximum Gasteiger partial charge on any atom is 0.336 e. The maximum atomic E-state index is 11.0. The van der Waals surface area contributed by atoms with Gasteiger partial charge in [-0.15, -0.1) is 11.3 Å². The van der Waals surface area contributed by atoms with Crippen molar-refractivity contribution < 1.29 is 9.90 Å². The topological polar surface area (TPSA) is 62.2 Å². The summed E-state index contributed by atoms with van der Waals surface area (Å²) >= 11 is 10.3. The van der Waals surface area contributed by atoms with E-state index in [9.17, 15) is 4.79 Å². The summed E-state index contributed by atoms with van der Waals surface area (Å²) in [5.41, 5.74) is 0.961. The molecule has 2 N–H and O–H groups in total. The summed E-state index contributed by atoms with van der Waals surface area (Å²) in [5.74, 6) is -0.966. The molecule has 0 atom stereocenters. The summed E-state index contributed by atoms with van der Waals surface area (Å²) in [4.78, 5) is 15.9. The quantitative estimate of drug-likeness (QED) is 0.881. The summed E-state index contributed by atoms with van der Waals surface area (Å²) in [5, 5.41) is 12.1. The summed E-state index contributed by atoms with van der Waals surface area (Å²) in [6.07, 6.45) is 1.69. The third kappa shape index (κ3) is 3.22. The number of hydrogen-bond donors (Lipinski definition) is 2. The minimum Gasteiger partial charge on any atom is -0.478 e. The number of anilines is 1. The molecule has 18 heavy (non-hydrogen) atoms. The summed E-state index contributed by atoms with van der Waals surface area (Å²) < 4.78 is 1.05. The molecule has 4 nitrogen and oxygen atoms in total. The van der Waals surface area contributed by atoms with E-state index in [0.717, 1.165) is 10.6 Å². The largest absolute Gasteiger partial charge is 0.478 e. The van der Waals surface area contributed by atoms with Crippen LogP contribution in [0.2, 0.25) is 4.47 Å². The van der Waals surface area contributed by atoms with Crippen LogP contribution in [0, 0.1) is 0 Å². The fourth-order valence-corrected chi connectivity index (χ4v) is 2.69. The smallest absolute Gasteiger partial charge is 0.336 e. The van der Waals surface area contributed by atoms with Crippen molar-refractivity contribution in [3.8, 4) is 0 Å². The van der Waals surface area contributed by atoms with Crippen LogP contribution >= 0.6 is 38.9 Å². The Bertz CT molecular complexity index is 588. The Labute approximate surface area is 121 Å². The Morgan fingerprint density at radius 1 is 1.56 bits per heavy atom. The predicted octanol–water partition coefficient (Wildman–Crippen LogP) is 3.87. The third-order valence-corrected chi connectivity index (χ3v) is 4.00. The van der Waals surface area contributed by atoms with Gasteiger partial charge in [0.05, 0.1) is 12.1 Å². The molecule has 0 spiro atoms. The first kappa shape index (κ1) is 13.3. The summed E-state index contributed by atoms with van der Waals surface area (Å²) in [6, 6.07) is 5.08. The van der Waals surface area contributed by atoms with E-state index in [1.54, 1.807) is 24.4 Å². The van der Waals surface area contributed by atoms with Crippen molar-refractivity contribution in [1.82, 2.24) is 4.98 Å². The van der Waals surface area contributed by atoms with E-state index in [-0.39, 0.29) is 5.56 Å². The molecule has 0 saturated carbocycles. The maximum absolute atomic E-state index is 11.0. The molecule has 0 fully saturated rings. The molecule has 1 aromatic carbocycles. The van der Waals surface area contributed by atoms with Crippen LogP contribution in [0.15, 0.2) is 28.9 Å². The number of nitrogens with one attached hydrogen (secondary N) is 1. The molecule has 0 amide bonds. The van der Waals surface area contributed by atoms with E-state index in [0.29, 0.717) is 15.5 Å². The highest BCUT2D eigenvalue weighted by molar-refractivity contribution is 9.10. The SMILES string of the molecule is O=C(O)c1cc(NCc2cnc(Cl)s2)ccc1Br. The first-order chi connectivity index (χ1) is 8.56. The lowest BCUT2D eigenvalue weighted by atomic mass is 10.2. The van der Waals surface area contributed by atoms with Gasteiger partial charge in [0.2, 0.25) is 0 Å². The second-order valence-electron chi connectivity index (χ2n) is 3.43. The highest BCUT2D eigenvalue weighted by Crippen LogP contribution is 2.23. The number of carbonyl (C=O) groups is 1. The number of nitrogens with zero attached hydrogens (tertiary/aromatic N) is 1. The highest BCUT2D eigenvalue weighted by atomic mass is 79.9. The first-order valence-electron chi connectivity index (χ1n) is 4.93. The van der Waals surface area contributed by atoms with Gasteiger partial charge in [-0.1, -0.05) is 11.6 Å². The highest BCUT2D eigenvalue weighted by Gasteiger charge is 2.09. The normalized spacial score (nSPS) is 10.3. The average molecular weight is 348 g/mol. The number of benzene rings is 1. The monoisotopic (exact) mass is 346 g/mol. The van der Waals surface area contributed by atoms with Gasteiger partial charge in [0, 0.05) is 21.2 Å². The number of carboxylic acid groups (broad SMARTS) is 1. The van der Waals surface area contributed by atoms with Crippen LogP contribution in [-0.2, 0) is 6.54 Å². The molecule has 94 valence electrons. The predicted molar refractivity (Wildman–Crippen MR) is 75.6 cm³/mol. The van der Waals surface area contributed by atoms with Crippen LogP contribution in [0.4, 0.5) is 5.69 Å². The number of halogens is 2. The molecular weight excluding hydrogens is 340 g/mol. The molecule has 2 rings (SSSR count). The fourth-order valence-electron chi connectivity index (χ4n) is 1.35. The average Bonchev–Trinajstić information content (AvgIpc) is 2.74. The molecule has 0 saturated heterocycles. The van der Waals surface area contributed by atoms with Crippen molar-refractivity contribution in [3.05, 3.63) is 43.8 Å². The lowest BCUT2D eigenvalue weighted by Crippen LogP contribution is -2.02. The number of carboxylic acids is 1. The van der Waals surface area contributed by atoms with Gasteiger partial charge in [0.1, 0.15) is 0 Å². The van der Waals surface area contributed by atoms with Gasteiger partial charge in [-0.3, -0.25) is 0 Å². The standard InChI is InChI=1S/C11H8BrClN2O2S/c12-9-2-1-6(3-8(9)10(16)17)14-4-7-5-15-11(13)18-7/h1-3,5,14H,4H2,(H,16,17). The first-order valence-corrected chi connectivity index (χ1v) is 6.92. The van der Waals surface area contributed by atoms with Crippen LogP contribution in [0.3, 0.4) is 0 Å². The molecular formula is C11H8BrClN2O2S. The van der Waals surface area contributed by atoms with E-state index in [1.807, 2.05) is 0 Å². The van der Waals surface area contributed by atoms with Crippen molar-refractivity contribution >= 4 is 50.5 Å². The molecule has 0 aliphatic carbocycles. The van der Waals surface area contributed by atoms with Crippen molar-refractivity contribution in [1.29, 1.82) is 0 Å². The molecule has 2 aromatic rings. The van der Waals surface area contributed by atoms with E-state index >= 15 is 0 Å². The van der Waals surface area contributed by atoms with Crippen LogP contribution in [-0.4, -0.2) is 16.1 Å². The number of aromatic carboxylic acids is 1. The Kier molecular flexibility index (Phi) is 4.21. The molecule has 1 aromatic heterocycles. The van der Waals surface area contributed by atoms with Gasteiger partial charge in [0.25, 0.3) is 0 Å². The molecule has 0 aliphatic heterocycles. The number of aromatic nitrogens is 1. The number of thiazole rings is 1. The van der Waals surface area contributed by atoms with Crippen LogP contribution in [0.1, 0.15) is 15.2 Å². The van der Waals surface area contributed by atoms with Gasteiger partial charge in [-0.05, 0) is 34.1 Å². The Morgan fingerprint density at radius 2 is 2.33 bits per heavy atom. The van der Waals surface area contributed by atoms with Crippen molar-refractivity contribution in [2.24, 2.45) is 0 Å². The summed E-state index contributed by atoms with van der Waals surface area (Å²) in [6.45, 7) is 0.561. The van der Waals surface area contributed by atoms with E-state index < -0.39 is 5.97 Å². The van der Waals surface area contributed by atoms with Crippen LogP contribution in [0.25, 0.3) is 0 Å².